The average molecular weight is 347 g/mol. The van der Waals surface area contributed by atoms with Crippen molar-refractivity contribution in [2.75, 3.05) is 11.9 Å². The lowest BCUT2D eigenvalue weighted by Crippen LogP contribution is -2.28. The van der Waals surface area contributed by atoms with Crippen molar-refractivity contribution in [3.05, 3.63) is 64.7 Å². The van der Waals surface area contributed by atoms with Crippen LogP contribution in [0.15, 0.2) is 48.5 Å². The monoisotopic (exact) mass is 346 g/mol. The van der Waals surface area contributed by atoms with Crippen molar-refractivity contribution in [1.82, 2.24) is 5.32 Å². The first kappa shape index (κ1) is 18.0. The SMILES string of the molecule is CCC(=O)Nc1cccc(C(=O)NCC(O)c2ccccc2Cl)c1. The molecular weight excluding hydrogens is 328 g/mol. The van der Waals surface area contributed by atoms with Gasteiger partial charge in [0.1, 0.15) is 0 Å². The first-order chi connectivity index (χ1) is 11.5. The van der Waals surface area contributed by atoms with Gasteiger partial charge < -0.3 is 15.7 Å². The molecule has 126 valence electrons. The minimum absolute atomic E-state index is 0.0358. The molecule has 3 N–H and O–H groups in total. The molecule has 0 saturated carbocycles. The van der Waals surface area contributed by atoms with Gasteiger partial charge in [-0.3, -0.25) is 9.59 Å². The molecule has 0 radical (unpaired) electrons. The van der Waals surface area contributed by atoms with Crippen LogP contribution >= 0.6 is 11.6 Å². The van der Waals surface area contributed by atoms with Gasteiger partial charge in [0.05, 0.1) is 6.10 Å². The second-order valence-corrected chi connectivity index (χ2v) is 5.64. The molecule has 0 aliphatic rings. The number of carbonyl (C=O) groups is 2. The van der Waals surface area contributed by atoms with Gasteiger partial charge in [-0.2, -0.15) is 0 Å². The van der Waals surface area contributed by atoms with Gasteiger partial charge in [-0.05, 0) is 24.3 Å². The second-order valence-electron chi connectivity index (χ2n) is 5.23. The maximum Gasteiger partial charge on any atom is 0.251 e. The molecule has 0 saturated heterocycles. The van der Waals surface area contributed by atoms with E-state index in [2.05, 4.69) is 10.6 Å². The first-order valence-electron chi connectivity index (χ1n) is 7.62. The fourth-order valence-corrected chi connectivity index (χ4v) is 2.40. The summed E-state index contributed by atoms with van der Waals surface area (Å²) >= 11 is 6.02. The Bertz CT molecular complexity index is 734. The lowest BCUT2D eigenvalue weighted by atomic mass is 10.1. The van der Waals surface area contributed by atoms with Gasteiger partial charge in [0.15, 0.2) is 0 Å². The van der Waals surface area contributed by atoms with Crippen LogP contribution in [0.5, 0.6) is 0 Å². The zero-order valence-electron chi connectivity index (χ0n) is 13.3. The quantitative estimate of drug-likeness (QED) is 0.751. The van der Waals surface area contributed by atoms with E-state index in [-0.39, 0.29) is 18.4 Å². The summed E-state index contributed by atoms with van der Waals surface area (Å²) in [5.41, 5.74) is 1.51. The molecule has 1 unspecified atom stereocenters. The number of aliphatic hydroxyl groups is 1. The summed E-state index contributed by atoms with van der Waals surface area (Å²) in [5.74, 6) is -0.463. The van der Waals surface area contributed by atoms with Crippen LogP contribution < -0.4 is 10.6 Å². The lowest BCUT2D eigenvalue weighted by molar-refractivity contribution is -0.115. The number of nitrogens with one attached hydrogen (secondary N) is 2. The third-order valence-corrected chi connectivity index (χ3v) is 3.79. The van der Waals surface area contributed by atoms with E-state index < -0.39 is 6.10 Å². The predicted molar refractivity (Wildman–Crippen MR) is 94.1 cm³/mol. The van der Waals surface area contributed by atoms with Crippen LogP contribution in [0.3, 0.4) is 0 Å². The van der Waals surface area contributed by atoms with Gasteiger partial charge in [0, 0.05) is 34.8 Å². The van der Waals surface area contributed by atoms with Gasteiger partial charge in [-0.1, -0.05) is 42.8 Å². The Morgan fingerprint density at radius 2 is 1.92 bits per heavy atom. The number of hydrogen-bond donors (Lipinski definition) is 3. The summed E-state index contributed by atoms with van der Waals surface area (Å²) in [6.45, 7) is 1.79. The molecule has 0 spiro atoms. The number of aliphatic hydroxyl groups excluding tert-OH is 1. The van der Waals surface area contributed by atoms with Crippen molar-refractivity contribution in [3.8, 4) is 0 Å². The van der Waals surface area contributed by atoms with Crippen LogP contribution in [-0.2, 0) is 4.79 Å². The predicted octanol–water partition coefficient (Wildman–Crippen LogP) is 3.15. The highest BCUT2D eigenvalue weighted by molar-refractivity contribution is 6.31. The summed E-state index contributed by atoms with van der Waals surface area (Å²) in [4.78, 5) is 23.6. The lowest BCUT2D eigenvalue weighted by Gasteiger charge is -2.14. The van der Waals surface area contributed by atoms with E-state index in [1.165, 1.54) is 0 Å². The Hall–Kier alpha value is -2.37. The summed E-state index contributed by atoms with van der Waals surface area (Å²) < 4.78 is 0. The Balaban J connectivity index is 1.98. The Labute approximate surface area is 145 Å². The molecule has 0 aliphatic heterocycles. The fraction of sp³-hybridized carbons (Fsp3) is 0.222. The van der Waals surface area contributed by atoms with Crippen LogP contribution in [-0.4, -0.2) is 23.5 Å². The van der Waals surface area contributed by atoms with E-state index in [9.17, 15) is 14.7 Å². The van der Waals surface area contributed by atoms with E-state index in [4.69, 9.17) is 11.6 Å². The van der Waals surface area contributed by atoms with Crippen molar-refractivity contribution in [2.45, 2.75) is 19.4 Å². The topological polar surface area (TPSA) is 78.4 Å². The number of halogens is 1. The fourth-order valence-electron chi connectivity index (χ4n) is 2.13. The standard InChI is InChI=1S/C18H19ClN2O3/c1-2-17(23)21-13-7-5-6-12(10-13)18(24)20-11-16(22)14-8-3-4-9-15(14)19/h3-10,16,22H,2,11H2,1H3,(H,20,24)(H,21,23). The summed E-state index contributed by atoms with van der Waals surface area (Å²) in [7, 11) is 0. The molecule has 2 aromatic rings. The molecule has 0 aromatic heterocycles. The zero-order valence-corrected chi connectivity index (χ0v) is 14.0. The third kappa shape index (κ3) is 4.81. The number of anilines is 1. The van der Waals surface area contributed by atoms with Gasteiger partial charge >= 0.3 is 0 Å². The molecule has 1 atom stereocenters. The Morgan fingerprint density at radius 3 is 2.62 bits per heavy atom. The molecule has 5 nitrogen and oxygen atoms in total. The van der Waals surface area contributed by atoms with Crippen molar-refractivity contribution in [3.63, 3.8) is 0 Å². The van der Waals surface area contributed by atoms with Gasteiger partial charge in [0.2, 0.25) is 5.91 Å². The molecule has 0 fully saturated rings. The molecule has 24 heavy (non-hydrogen) atoms. The third-order valence-electron chi connectivity index (χ3n) is 3.45. The van der Waals surface area contributed by atoms with E-state index in [1.54, 1.807) is 55.5 Å². The average Bonchev–Trinajstić information content (AvgIpc) is 2.59. The maximum atomic E-state index is 12.2. The summed E-state index contributed by atoms with van der Waals surface area (Å²) in [5, 5.41) is 16.0. The number of carbonyl (C=O) groups excluding carboxylic acids is 2. The molecule has 2 amide bonds. The second kappa shape index (κ2) is 8.47. The van der Waals surface area contributed by atoms with Crippen molar-refractivity contribution in [2.24, 2.45) is 0 Å². The molecule has 0 aliphatic carbocycles. The smallest absolute Gasteiger partial charge is 0.251 e. The molecule has 0 bridgehead atoms. The maximum absolute atomic E-state index is 12.2. The largest absolute Gasteiger partial charge is 0.387 e. The van der Waals surface area contributed by atoms with Gasteiger partial charge in [-0.25, -0.2) is 0 Å². The van der Waals surface area contributed by atoms with E-state index in [0.29, 0.717) is 28.3 Å². The highest BCUT2D eigenvalue weighted by Crippen LogP contribution is 2.22. The van der Waals surface area contributed by atoms with Crippen LogP contribution in [0.25, 0.3) is 0 Å². The van der Waals surface area contributed by atoms with Crippen LogP contribution in [0.1, 0.15) is 35.4 Å². The van der Waals surface area contributed by atoms with Crippen LogP contribution in [0, 0.1) is 0 Å². The summed E-state index contributed by atoms with van der Waals surface area (Å²) in [6.07, 6.45) is -0.536. The van der Waals surface area contributed by atoms with Crippen molar-refractivity contribution in [1.29, 1.82) is 0 Å². The van der Waals surface area contributed by atoms with E-state index in [1.807, 2.05) is 0 Å². The highest BCUT2D eigenvalue weighted by Gasteiger charge is 2.13. The van der Waals surface area contributed by atoms with Gasteiger partial charge in [-0.15, -0.1) is 0 Å². The normalized spacial score (nSPS) is 11.6. The van der Waals surface area contributed by atoms with Crippen LogP contribution in [0.4, 0.5) is 5.69 Å². The Morgan fingerprint density at radius 1 is 1.17 bits per heavy atom. The zero-order chi connectivity index (χ0) is 17.5. The van der Waals surface area contributed by atoms with Crippen LogP contribution in [0.2, 0.25) is 5.02 Å². The van der Waals surface area contributed by atoms with E-state index >= 15 is 0 Å². The molecular formula is C18H19ClN2O3. The molecule has 0 heterocycles. The minimum atomic E-state index is -0.898. The molecule has 2 rings (SSSR count). The molecule has 2 aromatic carbocycles. The number of rotatable bonds is 6. The highest BCUT2D eigenvalue weighted by atomic mass is 35.5. The van der Waals surface area contributed by atoms with E-state index in [0.717, 1.165) is 0 Å². The molecule has 6 heteroatoms. The Kier molecular flexibility index (Phi) is 6.35. The minimum Gasteiger partial charge on any atom is -0.387 e. The van der Waals surface area contributed by atoms with Gasteiger partial charge in [0.25, 0.3) is 5.91 Å². The number of hydrogen-bond acceptors (Lipinski definition) is 3. The number of amides is 2. The van der Waals surface area contributed by atoms with Crippen molar-refractivity contribution < 1.29 is 14.7 Å². The van der Waals surface area contributed by atoms with Crippen molar-refractivity contribution >= 4 is 29.1 Å². The first-order valence-corrected chi connectivity index (χ1v) is 7.99. The number of benzene rings is 2. The summed E-state index contributed by atoms with van der Waals surface area (Å²) in [6, 6.07) is 13.6.